The molecule has 1 aromatic heterocycles. The van der Waals surface area contributed by atoms with E-state index in [0.717, 1.165) is 0 Å². The molecule has 21 heavy (non-hydrogen) atoms. The number of carbonyl (C=O) groups is 1. The average Bonchev–Trinajstić information content (AvgIpc) is 2.93. The maximum atomic E-state index is 12.0. The molecule has 7 heteroatoms. The number of thioether (sulfide) groups is 1. The highest BCUT2D eigenvalue weighted by molar-refractivity contribution is 7.99. The summed E-state index contributed by atoms with van der Waals surface area (Å²) in [5, 5.41) is 8.75. The highest BCUT2D eigenvalue weighted by Crippen LogP contribution is 2.23. The molecule has 0 amide bonds. The molecule has 2 aromatic rings. The third-order valence-corrected chi connectivity index (χ3v) is 3.99. The summed E-state index contributed by atoms with van der Waals surface area (Å²) < 4.78 is 5.45. The number of nitrogens with zero attached hydrogens (tertiary/aromatic N) is 2. The first-order chi connectivity index (χ1) is 9.97. The van der Waals surface area contributed by atoms with Crippen molar-refractivity contribution in [3.63, 3.8) is 0 Å². The Hall–Kier alpha value is -1.37. The average molecular weight is 326 g/mol. The molecule has 1 atom stereocenters. The predicted octanol–water partition coefficient (Wildman–Crippen LogP) is 3.35. The Morgan fingerprint density at radius 2 is 2.00 bits per heavy atom. The van der Waals surface area contributed by atoms with Crippen molar-refractivity contribution in [1.82, 2.24) is 10.2 Å². The Bertz CT molecular complexity index is 613. The van der Waals surface area contributed by atoms with Gasteiger partial charge in [-0.2, -0.15) is 0 Å². The van der Waals surface area contributed by atoms with E-state index in [0.29, 0.717) is 21.7 Å². The highest BCUT2D eigenvalue weighted by atomic mass is 35.5. The number of nitrogens with two attached hydrogens (primary N) is 1. The van der Waals surface area contributed by atoms with Crippen LogP contribution >= 0.6 is 23.4 Å². The van der Waals surface area contributed by atoms with Crippen LogP contribution in [0.3, 0.4) is 0 Å². The molecule has 1 aromatic carbocycles. The molecular formula is C14H16ClN3O2S. The molecule has 0 spiro atoms. The van der Waals surface area contributed by atoms with Gasteiger partial charge in [0.2, 0.25) is 5.89 Å². The maximum Gasteiger partial charge on any atom is 0.277 e. The van der Waals surface area contributed by atoms with E-state index in [9.17, 15) is 4.79 Å². The van der Waals surface area contributed by atoms with Crippen molar-refractivity contribution in [2.75, 3.05) is 5.75 Å². The minimum atomic E-state index is -0.293. The third kappa shape index (κ3) is 4.30. The Morgan fingerprint density at radius 1 is 1.33 bits per heavy atom. The summed E-state index contributed by atoms with van der Waals surface area (Å²) in [6.45, 7) is 3.96. The lowest BCUT2D eigenvalue weighted by molar-refractivity contribution is 0.102. The summed E-state index contributed by atoms with van der Waals surface area (Å²) >= 11 is 6.98. The fourth-order valence-electron chi connectivity index (χ4n) is 1.54. The number of ketones is 1. The van der Waals surface area contributed by atoms with Crippen molar-refractivity contribution in [2.45, 2.75) is 25.1 Å². The number of Topliss-reactive ketones (excluding diaryl/α,β-unsaturated/α-hetero) is 1. The first-order valence-electron chi connectivity index (χ1n) is 6.48. The summed E-state index contributed by atoms with van der Waals surface area (Å²) in [5.41, 5.74) is 6.53. The van der Waals surface area contributed by atoms with E-state index in [1.54, 1.807) is 24.3 Å². The molecule has 0 aliphatic heterocycles. The lowest BCUT2D eigenvalue weighted by Gasteiger charge is -2.09. The molecule has 0 bridgehead atoms. The van der Waals surface area contributed by atoms with Gasteiger partial charge in [-0.3, -0.25) is 4.79 Å². The first-order valence-corrected chi connectivity index (χ1v) is 7.84. The van der Waals surface area contributed by atoms with Crippen molar-refractivity contribution in [3.8, 4) is 0 Å². The van der Waals surface area contributed by atoms with Crippen LogP contribution in [0.4, 0.5) is 0 Å². The van der Waals surface area contributed by atoms with Crippen molar-refractivity contribution in [2.24, 2.45) is 11.7 Å². The second-order valence-electron chi connectivity index (χ2n) is 4.89. The van der Waals surface area contributed by atoms with Gasteiger partial charge in [0.25, 0.3) is 5.22 Å². The van der Waals surface area contributed by atoms with Gasteiger partial charge >= 0.3 is 0 Å². The van der Waals surface area contributed by atoms with Gasteiger partial charge in [-0.05, 0) is 30.2 Å². The van der Waals surface area contributed by atoms with Gasteiger partial charge in [-0.1, -0.05) is 37.2 Å². The molecule has 0 fully saturated rings. The fraction of sp³-hybridized carbons (Fsp3) is 0.357. The smallest absolute Gasteiger partial charge is 0.277 e. The normalized spacial score (nSPS) is 12.6. The van der Waals surface area contributed by atoms with Gasteiger partial charge < -0.3 is 10.2 Å². The van der Waals surface area contributed by atoms with Crippen molar-refractivity contribution >= 4 is 29.1 Å². The van der Waals surface area contributed by atoms with E-state index < -0.39 is 0 Å². The summed E-state index contributed by atoms with van der Waals surface area (Å²) in [5.74, 6) is 0.801. The number of aromatic nitrogens is 2. The molecule has 2 N–H and O–H groups in total. The molecule has 0 radical (unpaired) electrons. The summed E-state index contributed by atoms with van der Waals surface area (Å²) in [7, 11) is 0. The standard InChI is InChI=1S/C14H16ClN3O2S/c1-8(2)12(16)13-17-18-14(20-13)21-7-11(19)9-3-5-10(15)6-4-9/h3-6,8,12H,7,16H2,1-2H3/t12-/m1/s1. The van der Waals surface area contributed by atoms with Crippen LogP contribution in [0.2, 0.25) is 5.02 Å². The van der Waals surface area contributed by atoms with Crippen LogP contribution < -0.4 is 5.73 Å². The molecule has 112 valence electrons. The Kier molecular flexibility index (Phi) is 5.39. The van der Waals surface area contributed by atoms with Crippen LogP contribution in [0.1, 0.15) is 36.1 Å². The van der Waals surface area contributed by atoms with E-state index in [1.165, 1.54) is 11.8 Å². The Labute approximate surface area is 132 Å². The van der Waals surface area contributed by atoms with Crippen molar-refractivity contribution in [1.29, 1.82) is 0 Å². The Balaban J connectivity index is 1.94. The van der Waals surface area contributed by atoms with Gasteiger partial charge in [0, 0.05) is 10.6 Å². The highest BCUT2D eigenvalue weighted by Gasteiger charge is 2.18. The van der Waals surface area contributed by atoms with Gasteiger partial charge in [0.15, 0.2) is 5.78 Å². The zero-order valence-electron chi connectivity index (χ0n) is 11.7. The van der Waals surface area contributed by atoms with Crippen LogP contribution in [0.25, 0.3) is 0 Å². The molecule has 0 saturated carbocycles. The molecule has 5 nitrogen and oxygen atoms in total. The summed E-state index contributed by atoms with van der Waals surface area (Å²) in [6, 6.07) is 6.47. The molecule has 0 saturated heterocycles. The van der Waals surface area contributed by atoms with E-state index in [4.69, 9.17) is 21.8 Å². The molecule has 2 rings (SSSR count). The molecule has 1 heterocycles. The minimum absolute atomic E-state index is 0.0235. The Morgan fingerprint density at radius 3 is 2.62 bits per heavy atom. The van der Waals surface area contributed by atoms with Gasteiger partial charge in [0.05, 0.1) is 11.8 Å². The number of hydrogen-bond acceptors (Lipinski definition) is 6. The molecular weight excluding hydrogens is 310 g/mol. The maximum absolute atomic E-state index is 12.0. The van der Waals surface area contributed by atoms with Crippen molar-refractivity contribution < 1.29 is 9.21 Å². The van der Waals surface area contributed by atoms with E-state index >= 15 is 0 Å². The number of carbonyl (C=O) groups excluding carboxylic acids is 1. The topological polar surface area (TPSA) is 82.0 Å². The van der Waals surface area contributed by atoms with Crippen molar-refractivity contribution in [3.05, 3.63) is 40.7 Å². The van der Waals surface area contributed by atoms with E-state index in [1.807, 2.05) is 13.8 Å². The van der Waals surface area contributed by atoms with Gasteiger partial charge in [0.1, 0.15) is 0 Å². The number of rotatable bonds is 6. The van der Waals surface area contributed by atoms with Crippen LogP contribution in [0.5, 0.6) is 0 Å². The monoisotopic (exact) mass is 325 g/mol. The van der Waals surface area contributed by atoms with Crippen LogP contribution in [0, 0.1) is 5.92 Å². The largest absolute Gasteiger partial charge is 0.414 e. The molecule has 0 unspecified atom stereocenters. The number of benzene rings is 1. The fourth-order valence-corrected chi connectivity index (χ4v) is 2.34. The van der Waals surface area contributed by atoms with E-state index in [-0.39, 0.29) is 23.5 Å². The quantitative estimate of drug-likeness (QED) is 0.648. The van der Waals surface area contributed by atoms with E-state index in [2.05, 4.69) is 10.2 Å². The zero-order chi connectivity index (χ0) is 15.4. The second kappa shape index (κ2) is 7.06. The summed E-state index contributed by atoms with van der Waals surface area (Å²) in [4.78, 5) is 12.0. The predicted molar refractivity (Wildman–Crippen MR) is 82.6 cm³/mol. The SMILES string of the molecule is CC(C)[C@@H](N)c1nnc(SCC(=O)c2ccc(Cl)cc2)o1. The second-order valence-corrected chi connectivity index (χ2v) is 6.26. The van der Waals surface area contributed by atoms with Crippen LogP contribution in [-0.4, -0.2) is 21.7 Å². The zero-order valence-corrected chi connectivity index (χ0v) is 13.3. The molecule has 0 aliphatic carbocycles. The van der Waals surface area contributed by atoms with Gasteiger partial charge in [-0.15, -0.1) is 10.2 Å². The molecule has 0 aliphatic rings. The lowest BCUT2D eigenvalue weighted by atomic mass is 10.1. The first kappa shape index (κ1) is 16.0. The van der Waals surface area contributed by atoms with Crippen LogP contribution in [0.15, 0.2) is 33.9 Å². The van der Waals surface area contributed by atoms with Crippen LogP contribution in [-0.2, 0) is 0 Å². The number of halogens is 1. The lowest BCUT2D eigenvalue weighted by Crippen LogP contribution is -2.16. The third-order valence-electron chi connectivity index (χ3n) is 2.92. The van der Waals surface area contributed by atoms with Gasteiger partial charge in [-0.25, -0.2) is 0 Å². The minimum Gasteiger partial charge on any atom is -0.414 e. The summed E-state index contributed by atoms with van der Waals surface area (Å²) in [6.07, 6.45) is 0. The number of hydrogen-bond donors (Lipinski definition) is 1.